The lowest BCUT2D eigenvalue weighted by atomic mass is 10.6. The number of likely N-dealkylation sites (N-methyl/N-ethyl adjacent to an activating group) is 1. The number of ether oxygens (including phenoxy) is 1. The second-order valence-corrected chi connectivity index (χ2v) is 2.90. The Morgan fingerprint density at radius 3 is 2.92 bits per heavy atom. The number of hydrogen-bond donors (Lipinski definition) is 1. The van der Waals surface area contributed by atoms with Crippen molar-refractivity contribution in [2.75, 3.05) is 33.0 Å². The van der Waals surface area contributed by atoms with Gasteiger partial charge in [0, 0.05) is 18.8 Å². The van der Waals surface area contributed by atoms with Gasteiger partial charge < -0.3 is 15.4 Å². The summed E-state index contributed by atoms with van der Waals surface area (Å²) in [5.74, 6) is 0.761. The van der Waals surface area contributed by atoms with Gasteiger partial charge in [0.25, 0.3) is 0 Å². The van der Waals surface area contributed by atoms with Crippen molar-refractivity contribution in [3.8, 4) is 5.88 Å². The number of nitrogens with zero attached hydrogens (tertiary/aromatic N) is 3. The van der Waals surface area contributed by atoms with Crippen LogP contribution in [0.1, 0.15) is 0 Å². The van der Waals surface area contributed by atoms with Crippen LogP contribution in [0.5, 0.6) is 5.88 Å². The number of nitrogen functional groups attached to an aromatic ring is 1. The van der Waals surface area contributed by atoms with Crippen LogP contribution in [0.4, 0.5) is 5.95 Å². The minimum absolute atomic E-state index is 0.238. The van der Waals surface area contributed by atoms with Crippen molar-refractivity contribution >= 4 is 5.95 Å². The number of anilines is 1. The van der Waals surface area contributed by atoms with Gasteiger partial charge in [0.2, 0.25) is 11.8 Å². The molecular formula is C8H14N4O. The highest BCUT2D eigenvalue weighted by Crippen LogP contribution is 2.04. The summed E-state index contributed by atoms with van der Waals surface area (Å²) in [6, 6.07) is 1.69. The molecule has 1 rings (SSSR count). The summed E-state index contributed by atoms with van der Waals surface area (Å²) in [7, 11) is 3.97. The SMILES string of the molecule is CN(C)CCOc1ccnc(N)n1. The standard InChI is InChI=1S/C8H14N4O/c1-12(2)5-6-13-7-3-4-10-8(9)11-7/h3-4H,5-6H2,1-2H3,(H2,9,10,11). The molecule has 2 N–H and O–H groups in total. The van der Waals surface area contributed by atoms with E-state index in [4.69, 9.17) is 10.5 Å². The molecule has 0 spiro atoms. The zero-order valence-corrected chi connectivity index (χ0v) is 7.90. The van der Waals surface area contributed by atoms with Crippen LogP contribution < -0.4 is 10.5 Å². The lowest BCUT2D eigenvalue weighted by molar-refractivity contribution is 0.254. The highest BCUT2D eigenvalue weighted by molar-refractivity contribution is 5.20. The van der Waals surface area contributed by atoms with E-state index in [1.165, 1.54) is 0 Å². The predicted molar refractivity (Wildman–Crippen MR) is 50.5 cm³/mol. The van der Waals surface area contributed by atoms with Crippen molar-refractivity contribution in [3.05, 3.63) is 12.3 Å². The predicted octanol–water partition coefficient (Wildman–Crippen LogP) is -0.000800. The number of nitrogens with two attached hydrogens (primary N) is 1. The van der Waals surface area contributed by atoms with Gasteiger partial charge in [-0.2, -0.15) is 4.98 Å². The largest absolute Gasteiger partial charge is 0.476 e. The normalized spacial score (nSPS) is 10.4. The van der Waals surface area contributed by atoms with E-state index in [2.05, 4.69) is 9.97 Å². The van der Waals surface area contributed by atoms with Gasteiger partial charge in [-0.25, -0.2) is 4.98 Å². The summed E-state index contributed by atoms with van der Waals surface area (Å²) < 4.78 is 5.32. The van der Waals surface area contributed by atoms with E-state index < -0.39 is 0 Å². The Labute approximate surface area is 77.5 Å². The first kappa shape index (κ1) is 9.73. The number of aromatic nitrogens is 2. The van der Waals surface area contributed by atoms with Crippen LogP contribution in [0.25, 0.3) is 0 Å². The molecule has 0 saturated heterocycles. The first-order valence-corrected chi connectivity index (χ1v) is 4.04. The van der Waals surface area contributed by atoms with Crippen LogP contribution >= 0.6 is 0 Å². The summed E-state index contributed by atoms with van der Waals surface area (Å²) in [6.45, 7) is 1.45. The Morgan fingerprint density at radius 2 is 2.31 bits per heavy atom. The molecule has 1 aromatic heterocycles. The van der Waals surface area contributed by atoms with E-state index in [1.807, 2.05) is 19.0 Å². The minimum atomic E-state index is 0.238. The molecular weight excluding hydrogens is 168 g/mol. The maximum Gasteiger partial charge on any atom is 0.223 e. The molecule has 13 heavy (non-hydrogen) atoms. The summed E-state index contributed by atoms with van der Waals surface area (Å²) in [5.41, 5.74) is 5.38. The fourth-order valence-electron chi connectivity index (χ4n) is 0.770. The first-order chi connectivity index (χ1) is 6.18. The van der Waals surface area contributed by atoms with Crippen molar-refractivity contribution in [2.24, 2.45) is 0 Å². The summed E-state index contributed by atoms with van der Waals surface area (Å²) in [4.78, 5) is 9.69. The first-order valence-electron chi connectivity index (χ1n) is 4.04. The van der Waals surface area contributed by atoms with E-state index in [9.17, 15) is 0 Å². The second kappa shape index (κ2) is 4.61. The Bertz CT molecular complexity index is 264. The van der Waals surface area contributed by atoms with Crippen LogP contribution in [0.2, 0.25) is 0 Å². The van der Waals surface area contributed by atoms with Crippen molar-refractivity contribution in [1.82, 2.24) is 14.9 Å². The van der Waals surface area contributed by atoms with Gasteiger partial charge in [-0.3, -0.25) is 0 Å². The molecule has 0 radical (unpaired) electrons. The zero-order valence-electron chi connectivity index (χ0n) is 7.90. The lowest BCUT2D eigenvalue weighted by Crippen LogP contribution is -2.19. The molecule has 0 fully saturated rings. The van der Waals surface area contributed by atoms with Crippen LogP contribution in [-0.2, 0) is 0 Å². The average molecular weight is 182 g/mol. The minimum Gasteiger partial charge on any atom is -0.476 e. The zero-order chi connectivity index (χ0) is 9.68. The molecule has 1 aromatic rings. The van der Waals surface area contributed by atoms with Crippen molar-refractivity contribution in [2.45, 2.75) is 0 Å². The Kier molecular flexibility index (Phi) is 3.45. The summed E-state index contributed by atoms with van der Waals surface area (Å²) in [6.07, 6.45) is 1.58. The fraction of sp³-hybridized carbons (Fsp3) is 0.500. The molecule has 0 unspecified atom stereocenters. The van der Waals surface area contributed by atoms with Crippen molar-refractivity contribution in [3.63, 3.8) is 0 Å². The molecule has 0 aliphatic carbocycles. The van der Waals surface area contributed by atoms with Gasteiger partial charge in [0.05, 0.1) is 0 Å². The van der Waals surface area contributed by atoms with Gasteiger partial charge in [0.15, 0.2) is 0 Å². The third-order valence-corrected chi connectivity index (χ3v) is 1.44. The van der Waals surface area contributed by atoms with Crippen molar-refractivity contribution < 1.29 is 4.74 Å². The summed E-state index contributed by atoms with van der Waals surface area (Å²) >= 11 is 0. The third kappa shape index (κ3) is 3.71. The van der Waals surface area contributed by atoms with Crippen LogP contribution in [0.15, 0.2) is 12.3 Å². The molecule has 0 aliphatic rings. The van der Waals surface area contributed by atoms with Gasteiger partial charge in [-0.05, 0) is 14.1 Å². The van der Waals surface area contributed by atoms with Crippen LogP contribution in [0.3, 0.4) is 0 Å². The van der Waals surface area contributed by atoms with Gasteiger partial charge in [0.1, 0.15) is 6.61 Å². The van der Waals surface area contributed by atoms with E-state index in [0.29, 0.717) is 12.5 Å². The van der Waals surface area contributed by atoms with Crippen molar-refractivity contribution in [1.29, 1.82) is 0 Å². The van der Waals surface area contributed by atoms with E-state index in [0.717, 1.165) is 6.54 Å². The molecule has 0 bridgehead atoms. The molecule has 0 atom stereocenters. The van der Waals surface area contributed by atoms with Crippen LogP contribution in [-0.4, -0.2) is 42.1 Å². The topological polar surface area (TPSA) is 64.3 Å². The lowest BCUT2D eigenvalue weighted by Gasteiger charge is -2.09. The maximum atomic E-state index is 5.38. The van der Waals surface area contributed by atoms with Gasteiger partial charge >= 0.3 is 0 Å². The average Bonchev–Trinajstić information content (AvgIpc) is 2.03. The summed E-state index contributed by atoms with van der Waals surface area (Å²) in [5, 5.41) is 0. The fourth-order valence-corrected chi connectivity index (χ4v) is 0.770. The Morgan fingerprint density at radius 1 is 1.54 bits per heavy atom. The number of hydrogen-bond acceptors (Lipinski definition) is 5. The smallest absolute Gasteiger partial charge is 0.223 e. The highest BCUT2D eigenvalue weighted by Gasteiger charge is 1.96. The van der Waals surface area contributed by atoms with Gasteiger partial charge in [-0.1, -0.05) is 0 Å². The Balaban J connectivity index is 2.37. The molecule has 5 nitrogen and oxygen atoms in total. The molecule has 0 amide bonds. The molecule has 0 saturated carbocycles. The molecule has 72 valence electrons. The van der Waals surface area contributed by atoms with E-state index in [-0.39, 0.29) is 5.95 Å². The highest BCUT2D eigenvalue weighted by atomic mass is 16.5. The molecule has 1 heterocycles. The van der Waals surface area contributed by atoms with E-state index >= 15 is 0 Å². The second-order valence-electron chi connectivity index (χ2n) is 2.90. The van der Waals surface area contributed by atoms with E-state index in [1.54, 1.807) is 12.3 Å². The van der Waals surface area contributed by atoms with Crippen LogP contribution in [0, 0.1) is 0 Å². The maximum absolute atomic E-state index is 5.38. The quantitative estimate of drug-likeness (QED) is 0.710. The van der Waals surface area contributed by atoms with Gasteiger partial charge in [-0.15, -0.1) is 0 Å². The number of rotatable bonds is 4. The molecule has 0 aromatic carbocycles. The monoisotopic (exact) mass is 182 g/mol. The molecule has 5 heteroatoms. The Hall–Kier alpha value is -1.36. The third-order valence-electron chi connectivity index (χ3n) is 1.44. The molecule has 0 aliphatic heterocycles.